The van der Waals surface area contributed by atoms with Gasteiger partial charge in [-0.1, -0.05) is 37.3 Å². The molecular formula is C14H17ClN2S. The van der Waals surface area contributed by atoms with Crippen molar-refractivity contribution < 1.29 is 0 Å². The number of nitrogens with zero attached hydrogens (tertiary/aromatic N) is 2. The summed E-state index contributed by atoms with van der Waals surface area (Å²) in [4.78, 5) is 3.55. The highest BCUT2D eigenvalue weighted by Gasteiger charge is 2.23. The van der Waals surface area contributed by atoms with Crippen molar-refractivity contribution in [3.63, 3.8) is 0 Å². The zero-order valence-corrected chi connectivity index (χ0v) is 11.9. The molecule has 96 valence electrons. The monoisotopic (exact) mass is 280 g/mol. The molecule has 1 aliphatic carbocycles. The fourth-order valence-electron chi connectivity index (χ4n) is 2.79. The van der Waals surface area contributed by atoms with Crippen LogP contribution in [0.1, 0.15) is 38.5 Å². The lowest BCUT2D eigenvalue weighted by atomic mass is 10.1. The van der Waals surface area contributed by atoms with Crippen LogP contribution < -0.4 is 4.90 Å². The zero-order chi connectivity index (χ0) is 12.4. The highest BCUT2D eigenvalue weighted by molar-refractivity contribution is 7.98. The molecule has 1 heterocycles. The van der Waals surface area contributed by atoms with E-state index in [0.29, 0.717) is 6.04 Å². The number of halogens is 1. The van der Waals surface area contributed by atoms with Gasteiger partial charge in [0.1, 0.15) is 6.34 Å². The molecule has 1 aromatic carbocycles. The van der Waals surface area contributed by atoms with Crippen molar-refractivity contribution in [2.45, 2.75) is 49.5 Å². The molecule has 0 unspecified atom stereocenters. The normalized spacial score (nSPS) is 20.6. The minimum Gasteiger partial charge on any atom is -0.328 e. The molecule has 4 heteroatoms. The first-order valence-electron chi connectivity index (χ1n) is 6.63. The number of fused-ring (bicyclic) bond motifs is 1. The minimum atomic E-state index is 0.592. The molecule has 0 amide bonds. The van der Waals surface area contributed by atoms with E-state index < -0.39 is 0 Å². The summed E-state index contributed by atoms with van der Waals surface area (Å²) < 4.78 is 4.41. The van der Waals surface area contributed by atoms with Crippen LogP contribution in [0.2, 0.25) is 5.02 Å². The van der Waals surface area contributed by atoms with Crippen molar-refractivity contribution in [3.8, 4) is 0 Å². The molecule has 18 heavy (non-hydrogen) atoms. The summed E-state index contributed by atoms with van der Waals surface area (Å²) in [6, 6.07) is 6.68. The summed E-state index contributed by atoms with van der Waals surface area (Å²) >= 11 is 7.67. The summed E-state index contributed by atoms with van der Waals surface area (Å²) in [5.74, 6) is 0. The Hall–Kier alpha value is -0.670. The van der Waals surface area contributed by atoms with Gasteiger partial charge in [0, 0.05) is 23.0 Å². The van der Waals surface area contributed by atoms with Crippen LogP contribution in [0.25, 0.3) is 0 Å². The molecule has 2 nitrogen and oxygen atoms in total. The van der Waals surface area contributed by atoms with Crippen molar-refractivity contribution in [2.24, 2.45) is 4.40 Å². The zero-order valence-electron chi connectivity index (χ0n) is 10.3. The molecule has 0 spiro atoms. The minimum absolute atomic E-state index is 0.592. The van der Waals surface area contributed by atoms with Gasteiger partial charge in [-0.05, 0) is 31.0 Å². The van der Waals surface area contributed by atoms with Gasteiger partial charge in [-0.2, -0.15) is 0 Å². The molecule has 1 aromatic rings. The lowest BCUT2D eigenvalue weighted by molar-refractivity contribution is 0.578. The van der Waals surface area contributed by atoms with Crippen molar-refractivity contribution in [3.05, 3.63) is 23.2 Å². The first kappa shape index (κ1) is 12.4. The molecule has 1 fully saturated rings. The van der Waals surface area contributed by atoms with E-state index in [4.69, 9.17) is 11.6 Å². The van der Waals surface area contributed by atoms with Gasteiger partial charge in [0.2, 0.25) is 0 Å². The third kappa shape index (κ3) is 2.52. The quantitative estimate of drug-likeness (QED) is 0.536. The third-order valence-electron chi connectivity index (χ3n) is 3.74. The van der Waals surface area contributed by atoms with E-state index in [0.717, 1.165) is 5.02 Å². The van der Waals surface area contributed by atoms with E-state index in [9.17, 15) is 0 Å². The van der Waals surface area contributed by atoms with E-state index in [-0.39, 0.29) is 0 Å². The van der Waals surface area contributed by atoms with Crippen LogP contribution in [0.4, 0.5) is 5.69 Å². The predicted octanol–water partition coefficient (Wildman–Crippen LogP) is 4.92. The van der Waals surface area contributed by atoms with Crippen molar-refractivity contribution in [1.29, 1.82) is 0 Å². The van der Waals surface area contributed by atoms with Gasteiger partial charge in [-0.15, -0.1) is 0 Å². The molecule has 0 aromatic heterocycles. The Morgan fingerprint density at radius 3 is 2.72 bits per heavy atom. The standard InChI is InChI=1S/C14H17ClN2S/c15-11-7-8-14-13(9-11)17(10-16-18-14)12-5-3-1-2-4-6-12/h7-10,12H,1-6H2. The Bertz CT molecular complexity index is 453. The van der Waals surface area contributed by atoms with E-state index >= 15 is 0 Å². The van der Waals surface area contributed by atoms with Gasteiger partial charge in [0.05, 0.1) is 10.6 Å². The Kier molecular flexibility index (Phi) is 3.80. The van der Waals surface area contributed by atoms with E-state index in [1.165, 1.54) is 61.1 Å². The number of hydrogen-bond donors (Lipinski definition) is 0. The molecular weight excluding hydrogens is 264 g/mol. The summed E-state index contributed by atoms with van der Waals surface area (Å²) in [6.45, 7) is 0. The van der Waals surface area contributed by atoms with Crippen molar-refractivity contribution >= 4 is 35.6 Å². The second-order valence-corrected chi connectivity index (χ2v) is 6.25. The smallest absolute Gasteiger partial charge is 0.104 e. The topological polar surface area (TPSA) is 15.6 Å². The highest BCUT2D eigenvalue weighted by atomic mass is 35.5. The first-order chi connectivity index (χ1) is 8.84. The molecule has 1 saturated carbocycles. The second kappa shape index (κ2) is 5.54. The molecule has 2 aliphatic rings. The second-order valence-electron chi connectivity index (χ2n) is 4.98. The number of hydrogen-bond acceptors (Lipinski definition) is 3. The maximum Gasteiger partial charge on any atom is 0.104 e. The fraction of sp³-hybridized carbons (Fsp3) is 0.500. The summed E-state index contributed by atoms with van der Waals surface area (Å²) in [5.41, 5.74) is 1.23. The van der Waals surface area contributed by atoms with E-state index in [1.807, 2.05) is 12.4 Å². The Morgan fingerprint density at radius 2 is 1.94 bits per heavy atom. The van der Waals surface area contributed by atoms with Crippen LogP contribution >= 0.6 is 23.5 Å². The van der Waals surface area contributed by atoms with Crippen LogP contribution in [0.3, 0.4) is 0 Å². The van der Waals surface area contributed by atoms with Crippen molar-refractivity contribution in [2.75, 3.05) is 4.90 Å². The van der Waals surface area contributed by atoms with Gasteiger partial charge in [0.25, 0.3) is 0 Å². The number of benzene rings is 1. The van der Waals surface area contributed by atoms with E-state index in [1.54, 1.807) is 0 Å². The maximum absolute atomic E-state index is 6.13. The SMILES string of the molecule is Clc1ccc2c(c1)N(C1CCCCCC1)C=NS2. The summed E-state index contributed by atoms with van der Waals surface area (Å²) in [5, 5.41) is 0.809. The van der Waals surface area contributed by atoms with Gasteiger partial charge in [-0.3, -0.25) is 0 Å². The van der Waals surface area contributed by atoms with Crippen LogP contribution in [0, 0.1) is 0 Å². The summed E-state index contributed by atoms with van der Waals surface area (Å²) in [6.07, 6.45) is 9.93. The number of anilines is 1. The molecule has 0 N–H and O–H groups in total. The van der Waals surface area contributed by atoms with E-state index in [2.05, 4.69) is 21.4 Å². The van der Waals surface area contributed by atoms with Crippen LogP contribution in [0.15, 0.2) is 27.5 Å². The molecule has 3 rings (SSSR count). The van der Waals surface area contributed by atoms with Gasteiger partial charge < -0.3 is 4.90 Å². The van der Waals surface area contributed by atoms with Crippen molar-refractivity contribution in [1.82, 2.24) is 0 Å². The molecule has 0 saturated heterocycles. The molecule has 0 radical (unpaired) electrons. The largest absolute Gasteiger partial charge is 0.328 e. The van der Waals surface area contributed by atoms with Gasteiger partial charge in [0.15, 0.2) is 0 Å². The Labute approximate surface area is 118 Å². The predicted molar refractivity (Wildman–Crippen MR) is 79.8 cm³/mol. The number of rotatable bonds is 1. The Morgan fingerprint density at radius 1 is 1.17 bits per heavy atom. The average Bonchev–Trinajstić information content (AvgIpc) is 2.67. The summed E-state index contributed by atoms with van der Waals surface area (Å²) in [7, 11) is 0. The lowest BCUT2D eigenvalue weighted by Crippen LogP contribution is -2.35. The maximum atomic E-state index is 6.13. The van der Waals surface area contributed by atoms with Crippen LogP contribution in [0.5, 0.6) is 0 Å². The first-order valence-corrected chi connectivity index (χ1v) is 7.78. The highest BCUT2D eigenvalue weighted by Crippen LogP contribution is 2.38. The molecule has 0 atom stereocenters. The van der Waals surface area contributed by atoms with Gasteiger partial charge >= 0.3 is 0 Å². The molecule has 1 aliphatic heterocycles. The molecule has 0 bridgehead atoms. The average molecular weight is 281 g/mol. The van der Waals surface area contributed by atoms with Crippen LogP contribution in [-0.4, -0.2) is 12.4 Å². The third-order valence-corrected chi connectivity index (χ3v) is 4.72. The van der Waals surface area contributed by atoms with Crippen LogP contribution in [-0.2, 0) is 0 Å². The lowest BCUT2D eigenvalue weighted by Gasteiger charge is -2.32. The fourth-order valence-corrected chi connectivity index (χ4v) is 3.61. The Balaban J connectivity index is 1.90. The van der Waals surface area contributed by atoms with Gasteiger partial charge in [-0.25, -0.2) is 4.40 Å².